The number of nitro groups is 1. The largest absolute Gasteiger partial charge is 0.452 e. The number of hydrogen-bond donors (Lipinski definition) is 0. The molecule has 0 unspecified atom stereocenters. The summed E-state index contributed by atoms with van der Waals surface area (Å²) in [6.07, 6.45) is 0.601. The Bertz CT molecular complexity index is 1020. The molecule has 0 spiro atoms. The molecule has 0 aromatic heterocycles. The van der Waals surface area contributed by atoms with Gasteiger partial charge in [0.1, 0.15) is 0 Å². The first kappa shape index (κ1) is 22.2. The third kappa shape index (κ3) is 4.35. The molecular weight excluding hydrogens is 396 g/mol. The summed E-state index contributed by atoms with van der Waals surface area (Å²) in [6, 6.07) is 16.4. The van der Waals surface area contributed by atoms with E-state index in [4.69, 9.17) is 4.74 Å². The van der Waals surface area contributed by atoms with E-state index >= 15 is 0 Å². The quantitative estimate of drug-likeness (QED) is 0.354. The zero-order valence-corrected chi connectivity index (χ0v) is 17.9. The summed E-state index contributed by atoms with van der Waals surface area (Å²) < 4.78 is 4.83. The van der Waals surface area contributed by atoms with Crippen LogP contribution in [0.1, 0.15) is 43.7 Å². The molecule has 2 atom stereocenters. The van der Waals surface area contributed by atoms with Crippen molar-refractivity contribution in [3.63, 3.8) is 0 Å². The van der Waals surface area contributed by atoms with Gasteiger partial charge in [-0.2, -0.15) is 0 Å². The van der Waals surface area contributed by atoms with E-state index in [9.17, 15) is 19.7 Å². The number of hydrogen-bond acceptors (Lipinski definition) is 5. The molecule has 2 amide bonds. The van der Waals surface area contributed by atoms with Gasteiger partial charge in [-0.3, -0.25) is 14.9 Å². The van der Waals surface area contributed by atoms with E-state index in [1.165, 1.54) is 7.11 Å². The fourth-order valence-electron chi connectivity index (χ4n) is 4.30. The molecule has 0 N–H and O–H groups in total. The highest BCUT2D eigenvalue weighted by Crippen LogP contribution is 2.44. The number of benzene rings is 2. The first-order chi connectivity index (χ1) is 14.9. The fourth-order valence-corrected chi connectivity index (χ4v) is 4.30. The Balaban J connectivity index is 2.18. The van der Waals surface area contributed by atoms with Crippen LogP contribution in [0.15, 0.2) is 60.2 Å². The van der Waals surface area contributed by atoms with Crippen LogP contribution < -0.4 is 4.90 Å². The van der Waals surface area contributed by atoms with Gasteiger partial charge in [0, 0.05) is 16.1 Å². The monoisotopic (exact) mass is 422 g/mol. The van der Waals surface area contributed by atoms with Gasteiger partial charge in [-0.15, -0.1) is 0 Å². The highest BCUT2D eigenvalue weighted by atomic mass is 16.6. The van der Waals surface area contributed by atoms with Gasteiger partial charge in [0.25, 0.3) is 5.91 Å². The Morgan fingerprint density at radius 1 is 1.13 bits per heavy atom. The Morgan fingerprint density at radius 2 is 1.77 bits per heavy atom. The smallest absolute Gasteiger partial charge is 0.421 e. The van der Waals surface area contributed by atoms with Gasteiger partial charge in [0.15, 0.2) is 0 Å². The predicted molar refractivity (Wildman–Crippen MR) is 118 cm³/mol. The van der Waals surface area contributed by atoms with Crippen LogP contribution in [0.5, 0.6) is 0 Å². The lowest BCUT2D eigenvalue weighted by Gasteiger charge is -2.25. The molecule has 7 nitrogen and oxygen atoms in total. The van der Waals surface area contributed by atoms with Crippen LogP contribution >= 0.6 is 0 Å². The molecule has 162 valence electrons. The second-order valence-electron chi connectivity index (χ2n) is 7.60. The normalized spacial score (nSPS) is 16.5. The van der Waals surface area contributed by atoms with E-state index in [0.29, 0.717) is 23.2 Å². The number of imide groups is 1. The number of rotatable bonds is 7. The minimum Gasteiger partial charge on any atom is -0.452 e. The number of carbonyl (C=O) groups excluding carboxylic acids is 2. The van der Waals surface area contributed by atoms with Crippen molar-refractivity contribution in [1.29, 1.82) is 0 Å². The van der Waals surface area contributed by atoms with E-state index in [1.54, 1.807) is 18.2 Å². The number of carbonyl (C=O) groups is 2. The SMILES string of the molecule is CCC/C(=C1/C(=O)N(C(=O)OC)c2ccccc21)[C@H](C)[C@@H](C[N+](=O)[O-])c1ccccc1. The van der Waals surface area contributed by atoms with E-state index in [1.807, 2.05) is 50.2 Å². The lowest BCUT2D eigenvalue weighted by molar-refractivity contribution is -0.484. The van der Waals surface area contributed by atoms with E-state index in [2.05, 4.69) is 0 Å². The molecule has 3 rings (SSSR count). The summed E-state index contributed by atoms with van der Waals surface area (Å²) in [5, 5.41) is 11.5. The van der Waals surface area contributed by atoms with E-state index in [0.717, 1.165) is 22.5 Å². The number of nitrogens with zero attached hydrogens (tertiary/aromatic N) is 2. The molecule has 1 aliphatic rings. The predicted octanol–water partition coefficient (Wildman–Crippen LogP) is 5.05. The van der Waals surface area contributed by atoms with Gasteiger partial charge in [0.2, 0.25) is 6.54 Å². The molecule has 2 aromatic carbocycles. The first-order valence-electron chi connectivity index (χ1n) is 10.3. The maximum absolute atomic E-state index is 13.4. The van der Waals surface area contributed by atoms with Crippen molar-refractivity contribution < 1.29 is 19.2 Å². The third-order valence-corrected chi connectivity index (χ3v) is 5.76. The van der Waals surface area contributed by atoms with Gasteiger partial charge in [-0.25, -0.2) is 9.69 Å². The second-order valence-corrected chi connectivity index (χ2v) is 7.60. The average Bonchev–Trinajstić information content (AvgIpc) is 3.07. The first-order valence-corrected chi connectivity index (χ1v) is 10.3. The fraction of sp³-hybridized carbons (Fsp3) is 0.333. The molecule has 31 heavy (non-hydrogen) atoms. The third-order valence-electron chi connectivity index (χ3n) is 5.76. The number of ether oxygens (including phenoxy) is 1. The Labute approximate surface area is 181 Å². The lowest BCUT2D eigenvalue weighted by atomic mass is 9.78. The molecule has 1 heterocycles. The lowest BCUT2D eigenvalue weighted by Crippen LogP contribution is -2.34. The van der Waals surface area contributed by atoms with Crippen LogP contribution in [0.2, 0.25) is 0 Å². The molecule has 7 heteroatoms. The molecule has 0 bridgehead atoms. The molecule has 0 saturated carbocycles. The van der Waals surface area contributed by atoms with Crippen molar-refractivity contribution in [3.8, 4) is 0 Å². The molecule has 0 radical (unpaired) electrons. The zero-order valence-electron chi connectivity index (χ0n) is 17.9. The highest BCUT2D eigenvalue weighted by molar-refractivity contribution is 6.39. The van der Waals surface area contributed by atoms with Crippen LogP contribution in [0.25, 0.3) is 5.57 Å². The summed E-state index contributed by atoms with van der Waals surface area (Å²) in [4.78, 5) is 38.0. The van der Waals surface area contributed by atoms with Crippen LogP contribution in [-0.2, 0) is 9.53 Å². The summed E-state index contributed by atoms with van der Waals surface area (Å²) >= 11 is 0. The van der Waals surface area contributed by atoms with Crippen LogP contribution in [0, 0.1) is 16.0 Å². The Morgan fingerprint density at radius 3 is 2.39 bits per heavy atom. The molecular formula is C24H26N2O5. The number of allylic oxidation sites excluding steroid dienone is 1. The summed E-state index contributed by atoms with van der Waals surface area (Å²) in [7, 11) is 1.23. The molecule has 0 aliphatic carbocycles. The van der Waals surface area contributed by atoms with Crippen molar-refractivity contribution >= 4 is 23.3 Å². The standard InChI is InChI=1S/C24H26N2O5/c1-4-10-18(16(2)20(15-25(29)30)17-11-6-5-7-12-17)22-19-13-8-9-14-21(19)26(23(22)27)24(28)31-3/h5-9,11-14,16,20H,4,10,15H2,1-3H3/b22-18-/t16-,20+/m0/s1. The van der Waals surface area contributed by atoms with E-state index in [-0.39, 0.29) is 17.4 Å². The summed E-state index contributed by atoms with van der Waals surface area (Å²) in [5.41, 5.74) is 3.24. The van der Waals surface area contributed by atoms with Crippen LogP contribution in [0.4, 0.5) is 10.5 Å². The average molecular weight is 422 g/mol. The molecule has 1 aliphatic heterocycles. The second kappa shape index (κ2) is 9.55. The molecule has 0 saturated heterocycles. The van der Waals surface area contributed by atoms with Crippen molar-refractivity contribution in [2.75, 3.05) is 18.6 Å². The van der Waals surface area contributed by atoms with Crippen molar-refractivity contribution in [2.45, 2.75) is 32.6 Å². The van der Waals surface area contributed by atoms with Gasteiger partial charge in [-0.1, -0.05) is 74.4 Å². The Kier molecular flexibility index (Phi) is 6.84. The number of fused-ring (bicyclic) bond motifs is 1. The van der Waals surface area contributed by atoms with Gasteiger partial charge in [-0.05, 0) is 24.0 Å². The topological polar surface area (TPSA) is 89.8 Å². The zero-order chi connectivity index (χ0) is 22.5. The summed E-state index contributed by atoms with van der Waals surface area (Å²) in [6.45, 7) is 3.68. The number of amides is 2. The number of para-hydroxylation sites is 1. The van der Waals surface area contributed by atoms with Crippen LogP contribution in [0.3, 0.4) is 0 Å². The number of anilines is 1. The maximum Gasteiger partial charge on any atom is 0.421 e. The van der Waals surface area contributed by atoms with Crippen molar-refractivity contribution in [3.05, 3.63) is 81.4 Å². The van der Waals surface area contributed by atoms with Gasteiger partial charge in [0.05, 0.1) is 18.7 Å². The summed E-state index contributed by atoms with van der Waals surface area (Å²) in [5.74, 6) is -1.13. The number of methoxy groups -OCH3 is 1. The maximum atomic E-state index is 13.4. The van der Waals surface area contributed by atoms with Crippen molar-refractivity contribution in [2.24, 2.45) is 5.92 Å². The van der Waals surface area contributed by atoms with Crippen molar-refractivity contribution in [1.82, 2.24) is 0 Å². The van der Waals surface area contributed by atoms with E-state index < -0.39 is 17.9 Å². The minimum absolute atomic E-state index is 0.248. The minimum atomic E-state index is -0.749. The van der Waals surface area contributed by atoms with Gasteiger partial charge >= 0.3 is 6.09 Å². The van der Waals surface area contributed by atoms with Gasteiger partial charge < -0.3 is 4.74 Å². The highest BCUT2D eigenvalue weighted by Gasteiger charge is 2.40. The van der Waals surface area contributed by atoms with Crippen LogP contribution in [-0.4, -0.2) is 30.6 Å². The molecule has 2 aromatic rings. The Hall–Kier alpha value is -3.48. The molecule has 0 fully saturated rings.